The van der Waals surface area contributed by atoms with Gasteiger partial charge in [-0.15, -0.1) is 0 Å². The highest BCUT2D eigenvalue weighted by atomic mass is 16.5. The number of unbranched alkanes of at least 4 members (excludes halogenated alkanes) is 1. The number of rotatable bonds is 8. The molecule has 0 atom stereocenters. The van der Waals surface area contributed by atoms with Crippen LogP contribution in [0.4, 0.5) is 0 Å². The molecule has 0 unspecified atom stereocenters. The smallest absolute Gasteiger partial charge is 0.258 e. The van der Waals surface area contributed by atoms with Gasteiger partial charge in [0.25, 0.3) is 5.89 Å². The highest BCUT2D eigenvalue weighted by molar-refractivity contribution is 5.86. The second-order valence-corrected chi connectivity index (χ2v) is 10.4. The second kappa shape index (κ2) is 11.3. The van der Waals surface area contributed by atoms with Crippen molar-refractivity contribution in [2.75, 3.05) is 0 Å². The van der Waals surface area contributed by atoms with Crippen molar-refractivity contribution in [3.63, 3.8) is 0 Å². The molecular formula is C37H30N4O. The molecule has 5 heteroatoms. The van der Waals surface area contributed by atoms with Gasteiger partial charge in [-0.1, -0.05) is 128 Å². The zero-order valence-corrected chi connectivity index (χ0v) is 23.4. The van der Waals surface area contributed by atoms with Crippen LogP contribution in [0.25, 0.3) is 67.5 Å². The number of aromatic nitrogens is 4. The van der Waals surface area contributed by atoms with E-state index in [1.807, 2.05) is 36.4 Å². The van der Waals surface area contributed by atoms with Crippen molar-refractivity contribution in [1.29, 1.82) is 0 Å². The van der Waals surface area contributed by atoms with Crippen molar-refractivity contribution >= 4 is 10.8 Å². The highest BCUT2D eigenvalue weighted by Gasteiger charge is 2.21. The first-order valence-corrected chi connectivity index (χ1v) is 14.4. The minimum atomic E-state index is 0.494. The molecule has 7 aromatic rings. The molecule has 0 aliphatic carbocycles. The van der Waals surface area contributed by atoms with Crippen LogP contribution in [0.2, 0.25) is 0 Å². The molecule has 5 aromatic carbocycles. The van der Waals surface area contributed by atoms with E-state index in [2.05, 4.69) is 108 Å². The Kier molecular flexibility index (Phi) is 6.90. The van der Waals surface area contributed by atoms with Gasteiger partial charge >= 0.3 is 0 Å². The Hall–Kier alpha value is -5.29. The molecule has 0 saturated carbocycles. The van der Waals surface area contributed by atoms with Crippen LogP contribution in [-0.2, 0) is 6.54 Å². The Bertz CT molecular complexity index is 1960. The Labute approximate surface area is 245 Å². The Morgan fingerprint density at radius 2 is 1.24 bits per heavy atom. The molecule has 0 radical (unpaired) electrons. The highest BCUT2D eigenvalue weighted by Crippen LogP contribution is 2.37. The first-order valence-electron chi connectivity index (χ1n) is 14.4. The fraction of sp³-hybridized carbons (Fsp3) is 0.108. The summed E-state index contributed by atoms with van der Waals surface area (Å²) in [7, 11) is 0. The third kappa shape index (κ3) is 4.90. The van der Waals surface area contributed by atoms with Crippen LogP contribution in [0, 0.1) is 0 Å². The van der Waals surface area contributed by atoms with E-state index in [0.29, 0.717) is 11.7 Å². The van der Waals surface area contributed by atoms with E-state index in [1.54, 1.807) is 0 Å². The van der Waals surface area contributed by atoms with Crippen LogP contribution in [0.15, 0.2) is 132 Å². The normalized spacial score (nSPS) is 11.3. The van der Waals surface area contributed by atoms with E-state index in [1.165, 1.54) is 5.39 Å². The largest absolute Gasteiger partial charge is 0.334 e. The van der Waals surface area contributed by atoms with Crippen LogP contribution < -0.4 is 0 Å². The molecule has 0 fully saturated rings. The maximum atomic E-state index is 5.70. The average Bonchev–Trinajstić information content (AvgIpc) is 3.70. The Balaban J connectivity index is 1.27. The molecule has 2 aromatic heterocycles. The van der Waals surface area contributed by atoms with Crippen LogP contribution in [0.1, 0.15) is 19.8 Å². The van der Waals surface area contributed by atoms with Gasteiger partial charge < -0.3 is 9.09 Å². The lowest BCUT2D eigenvalue weighted by molar-refractivity contribution is 0.432. The van der Waals surface area contributed by atoms with Crippen molar-refractivity contribution in [2.45, 2.75) is 26.3 Å². The zero-order valence-electron chi connectivity index (χ0n) is 23.4. The van der Waals surface area contributed by atoms with E-state index in [4.69, 9.17) is 14.5 Å². The fourth-order valence-corrected chi connectivity index (χ4v) is 5.44. The molecule has 5 nitrogen and oxygen atoms in total. The van der Waals surface area contributed by atoms with E-state index in [9.17, 15) is 0 Å². The summed E-state index contributed by atoms with van der Waals surface area (Å²) in [6.45, 7) is 3.11. The number of nitrogens with zero attached hydrogens (tertiary/aromatic N) is 4. The van der Waals surface area contributed by atoms with Crippen molar-refractivity contribution in [3.05, 3.63) is 127 Å². The van der Waals surface area contributed by atoms with Crippen molar-refractivity contribution in [2.24, 2.45) is 0 Å². The van der Waals surface area contributed by atoms with Gasteiger partial charge in [-0.2, -0.15) is 4.98 Å². The van der Waals surface area contributed by atoms with Crippen LogP contribution in [0.5, 0.6) is 0 Å². The van der Waals surface area contributed by atoms with Gasteiger partial charge in [0.2, 0.25) is 5.82 Å². The van der Waals surface area contributed by atoms with Crippen LogP contribution >= 0.6 is 0 Å². The van der Waals surface area contributed by atoms with Gasteiger partial charge in [-0.25, -0.2) is 4.98 Å². The minimum absolute atomic E-state index is 0.494. The molecule has 7 rings (SSSR count). The molecule has 0 amide bonds. The van der Waals surface area contributed by atoms with Crippen molar-refractivity contribution < 1.29 is 4.52 Å². The molecule has 0 N–H and O–H groups in total. The SMILES string of the molecule is CCCCn1c(-c2ccc(-c3nc(-c4ccc5ccccc5c4)no3)cc2)nc(-c2ccccc2)c1-c1ccccc1. The molecule has 0 spiro atoms. The molecule has 0 aliphatic rings. The minimum Gasteiger partial charge on any atom is -0.334 e. The van der Waals surface area contributed by atoms with E-state index in [-0.39, 0.29) is 0 Å². The van der Waals surface area contributed by atoms with Crippen molar-refractivity contribution in [3.8, 4) is 56.7 Å². The molecule has 0 bridgehead atoms. The summed E-state index contributed by atoms with van der Waals surface area (Å²) < 4.78 is 8.07. The predicted molar refractivity (Wildman–Crippen MR) is 170 cm³/mol. The number of hydrogen-bond acceptors (Lipinski definition) is 4. The van der Waals surface area contributed by atoms with Crippen LogP contribution in [-0.4, -0.2) is 19.7 Å². The van der Waals surface area contributed by atoms with E-state index in [0.717, 1.165) is 69.8 Å². The first-order chi connectivity index (χ1) is 20.8. The summed E-state index contributed by atoms with van der Waals surface area (Å²) in [5.41, 5.74) is 7.26. The van der Waals surface area contributed by atoms with Crippen LogP contribution in [0.3, 0.4) is 0 Å². The van der Waals surface area contributed by atoms with Gasteiger partial charge in [0.05, 0.1) is 11.4 Å². The summed E-state index contributed by atoms with van der Waals surface area (Å²) in [6.07, 6.45) is 2.16. The predicted octanol–water partition coefficient (Wildman–Crippen LogP) is 9.55. The van der Waals surface area contributed by atoms with Gasteiger partial charge in [-0.3, -0.25) is 0 Å². The summed E-state index contributed by atoms with van der Waals surface area (Å²) in [5, 5.41) is 6.61. The molecule has 0 aliphatic heterocycles. The van der Waals surface area contributed by atoms with Gasteiger partial charge in [0.1, 0.15) is 5.82 Å². The standard InChI is InChI=1S/C37H30N4O/c1-2-3-24-41-34(28-15-8-5-9-16-28)33(27-13-6-4-7-14-27)38-36(41)29-19-21-30(22-20-29)37-39-35(40-42-37)32-23-18-26-12-10-11-17-31(26)25-32/h4-23,25H,2-3,24H2,1H3. The zero-order chi connectivity index (χ0) is 28.3. The first kappa shape index (κ1) is 25.7. The van der Waals surface area contributed by atoms with Crippen molar-refractivity contribution in [1.82, 2.24) is 19.7 Å². The molecule has 0 saturated heterocycles. The van der Waals surface area contributed by atoms with Gasteiger partial charge in [0.15, 0.2) is 0 Å². The summed E-state index contributed by atoms with van der Waals surface area (Å²) in [6, 6.07) is 43.8. The van der Waals surface area contributed by atoms with E-state index < -0.39 is 0 Å². The maximum absolute atomic E-state index is 5.70. The molecular weight excluding hydrogens is 516 g/mol. The monoisotopic (exact) mass is 546 g/mol. The Morgan fingerprint density at radius 1 is 0.595 bits per heavy atom. The summed E-state index contributed by atoms with van der Waals surface area (Å²) in [5.74, 6) is 2.03. The number of imidazole rings is 1. The summed E-state index contributed by atoms with van der Waals surface area (Å²) in [4.78, 5) is 9.98. The average molecular weight is 547 g/mol. The van der Waals surface area contributed by atoms with Gasteiger partial charge in [0, 0.05) is 34.4 Å². The molecule has 2 heterocycles. The lowest BCUT2D eigenvalue weighted by atomic mass is 10.0. The van der Waals surface area contributed by atoms with Gasteiger partial charge in [-0.05, 0) is 35.4 Å². The third-order valence-electron chi connectivity index (χ3n) is 7.62. The molecule has 42 heavy (non-hydrogen) atoms. The lowest BCUT2D eigenvalue weighted by Gasteiger charge is -2.13. The number of benzene rings is 5. The fourth-order valence-electron chi connectivity index (χ4n) is 5.44. The molecule has 204 valence electrons. The lowest BCUT2D eigenvalue weighted by Crippen LogP contribution is -2.03. The third-order valence-corrected chi connectivity index (χ3v) is 7.62. The summed E-state index contributed by atoms with van der Waals surface area (Å²) >= 11 is 0. The quantitative estimate of drug-likeness (QED) is 0.190. The second-order valence-electron chi connectivity index (χ2n) is 10.4. The number of hydrogen-bond donors (Lipinski definition) is 0. The topological polar surface area (TPSA) is 56.7 Å². The van der Waals surface area contributed by atoms with E-state index >= 15 is 0 Å². The maximum Gasteiger partial charge on any atom is 0.258 e. The Morgan fingerprint density at radius 3 is 1.98 bits per heavy atom. The number of fused-ring (bicyclic) bond motifs is 1.